The third-order valence-electron chi connectivity index (χ3n) is 3.86. The molecule has 0 unspecified atom stereocenters. The van der Waals surface area contributed by atoms with E-state index in [4.69, 9.17) is 9.47 Å². The predicted molar refractivity (Wildman–Crippen MR) is 100 cm³/mol. The summed E-state index contributed by atoms with van der Waals surface area (Å²) in [4.78, 5) is 0. The lowest BCUT2D eigenvalue weighted by Gasteiger charge is -2.14. The number of methoxy groups -OCH3 is 2. The zero-order valence-corrected chi connectivity index (χ0v) is 13.9. The Morgan fingerprint density at radius 3 is 1.67 bits per heavy atom. The van der Waals surface area contributed by atoms with Crippen molar-refractivity contribution < 1.29 is 9.47 Å². The highest BCUT2D eigenvalue weighted by molar-refractivity contribution is 5.81. The predicted octanol–water partition coefficient (Wildman–Crippen LogP) is 5.54. The minimum absolute atomic E-state index is 0.799. The van der Waals surface area contributed by atoms with Crippen LogP contribution >= 0.6 is 0 Å². The molecule has 0 fully saturated rings. The summed E-state index contributed by atoms with van der Waals surface area (Å²) < 4.78 is 11.2. The molecule has 2 heteroatoms. The molecule has 0 spiro atoms. The summed E-state index contributed by atoms with van der Waals surface area (Å²) in [5, 5.41) is 0. The summed E-state index contributed by atoms with van der Waals surface area (Å²) in [7, 11) is 3.37. The van der Waals surface area contributed by atoms with Crippen LogP contribution in [-0.2, 0) is 0 Å². The first-order chi connectivity index (χ1) is 11.8. The van der Waals surface area contributed by atoms with E-state index < -0.39 is 0 Å². The first-order valence-corrected chi connectivity index (χ1v) is 7.86. The van der Waals surface area contributed by atoms with E-state index in [1.54, 1.807) is 14.2 Å². The van der Waals surface area contributed by atoms with Crippen LogP contribution in [0.25, 0.3) is 23.3 Å². The second-order valence-electron chi connectivity index (χ2n) is 5.41. The van der Waals surface area contributed by atoms with Gasteiger partial charge in [0.25, 0.3) is 0 Å². The Morgan fingerprint density at radius 2 is 1.12 bits per heavy atom. The first-order valence-electron chi connectivity index (χ1n) is 7.86. The smallest absolute Gasteiger partial charge is 0.131 e. The molecule has 0 bridgehead atoms. The van der Waals surface area contributed by atoms with Crippen molar-refractivity contribution in [1.29, 1.82) is 0 Å². The molecule has 3 aromatic rings. The van der Waals surface area contributed by atoms with Gasteiger partial charge in [0.05, 0.1) is 19.8 Å². The van der Waals surface area contributed by atoms with Gasteiger partial charge in [0.15, 0.2) is 0 Å². The Morgan fingerprint density at radius 1 is 0.625 bits per heavy atom. The van der Waals surface area contributed by atoms with Gasteiger partial charge in [-0.3, -0.25) is 0 Å². The SMILES string of the molecule is COc1cc(C=Cc2ccccc2)cc(OC)c1-c1ccccc1. The quantitative estimate of drug-likeness (QED) is 0.575. The van der Waals surface area contributed by atoms with E-state index in [1.807, 2.05) is 48.5 Å². The van der Waals surface area contributed by atoms with Gasteiger partial charge < -0.3 is 9.47 Å². The average molecular weight is 316 g/mol. The minimum atomic E-state index is 0.799. The summed E-state index contributed by atoms with van der Waals surface area (Å²) in [6, 6.07) is 24.4. The van der Waals surface area contributed by atoms with Crippen molar-refractivity contribution in [2.24, 2.45) is 0 Å². The molecule has 0 aliphatic carbocycles. The number of hydrogen-bond donors (Lipinski definition) is 0. The van der Waals surface area contributed by atoms with Crippen LogP contribution in [0.3, 0.4) is 0 Å². The van der Waals surface area contributed by atoms with E-state index in [9.17, 15) is 0 Å². The zero-order valence-electron chi connectivity index (χ0n) is 13.9. The van der Waals surface area contributed by atoms with Crippen LogP contribution in [0.4, 0.5) is 0 Å². The van der Waals surface area contributed by atoms with Gasteiger partial charge in [0, 0.05) is 0 Å². The molecular formula is C22H20O2. The van der Waals surface area contributed by atoms with E-state index in [1.165, 1.54) is 0 Å². The fourth-order valence-electron chi connectivity index (χ4n) is 2.67. The fourth-order valence-corrected chi connectivity index (χ4v) is 2.67. The van der Waals surface area contributed by atoms with E-state index >= 15 is 0 Å². The Hall–Kier alpha value is -3.00. The van der Waals surface area contributed by atoms with Crippen LogP contribution in [0.2, 0.25) is 0 Å². The van der Waals surface area contributed by atoms with Crippen LogP contribution in [0.15, 0.2) is 72.8 Å². The second-order valence-corrected chi connectivity index (χ2v) is 5.41. The molecule has 0 aliphatic rings. The lowest BCUT2D eigenvalue weighted by molar-refractivity contribution is 0.397. The van der Waals surface area contributed by atoms with Crippen molar-refractivity contribution in [2.45, 2.75) is 0 Å². The maximum Gasteiger partial charge on any atom is 0.131 e. The molecule has 3 aromatic carbocycles. The third kappa shape index (κ3) is 3.49. The lowest BCUT2D eigenvalue weighted by Crippen LogP contribution is -1.94. The Kier molecular flexibility index (Phi) is 4.97. The van der Waals surface area contributed by atoms with Crippen LogP contribution in [0.5, 0.6) is 11.5 Å². The molecule has 0 saturated carbocycles. The highest BCUT2D eigenvalue weighted by atomic mass is 16.5. The fraction of sp³-hybridized carbons (Fsp3) is 0.0909. The maximum absolute atomic E-state index is 5.62. The topological polar surface area (TPSA) is 18.5 Å². The highest BCUT2D eigenvalue weighted by Crippen LogP contribution is 2.39. The van der Waals surface area contributed by atoms with Crippen molar-refractivity contribution in [1.82, 2.24) is 0 Å². The zero-order chi connectivity index (χ0) is 16.8. The van der Waals surface area contributed by atoms with Crippen LogP contribution in [0.1, 0.15) is 11.1 Å². The molecule has 2 nitrogen and oxygen atoms in total. The lowest BCUT2D eigenvalue weighted by atomic mass is 10.0. The Bertz CT molecular complexity index is 796. The third-order valence-corrected chi connectivity index (χ3v) is 3.86. The molecule has 0 atom stereocenters. The second kappa shape index (κ2) is 7.51. The van der Waals surface area contributed by atoms with Gasteiger partial charge in [-0.2, -0.15) is 0 Å². The van der Waals surface area contributed by atoms with E-state index in [-0.39, 0.29) is 0 Å². The maximum atomic E-state index is 5.62. The average Bonchev–Trinajstić information content (AvgIpc) is 2.67. The van der Waals surface area contributed by atoms with Crippen molar-refractivity contribution in [3.05, 3.63) is 83.9 Å². The molecule has 24 heavy (non-hydrogen) atoms. The summed E-state index contributed by atoms with van der Waals surface area (Å²) in [5.74, 6) is 1.60. The van der Waals surface area contributed by atoms with Gasteiger partial charge in [-0.05, 0) is 28.8 Å². The molecule has 3 rings (SSSR count). The largest absolute Gasteiger partial charge is 0.496 e. The van der Waals surface area contributed by atoms with Gasteiger partial charge >= 0.3 is 0 Å². The molecule has 0 aromatic heterocycles. The number of benzene rings is 3. The summed E-state index contributed by atoms with van der Waals surface area (Å²) in [5.41, 5.74) is 4.23. The number of hydrogen-bond acceptors (Lipinski definition) is 2. The standard InChI is InChI=1S/C22H20O2/c1-23-20-15-18(14-13-17-9-5-3-6-10-17)16-21(24-2)22(20)19-11-7-4-8-12-19/h3-16H,1-2H3. The minimum Gasteiger partial charge on any atom is -0.496 e. The summed E-state index contributed by atoms with van der Waals surface area (Å²) in [6.07, 6.45) is 4.14. The molecule has 0 saturated heterocycles. The molecular weight excluding hydrogens is 296 g/mol. The summed E-state index contributed by atoms with van der Waals surface area (Å²) in [6.45, 7) is 0. The molecule has 0 radical (unpaired) electrons. The Balaban J connectivity index is 2.03. The van der Waals surface area contributed by atoms with Gasteiger partial charge in [-0.1, -0.05) is 72.8 Å². The normalized spacial score (nSPS) is 10.8. The van der Waals surface area contributed by atoms with Crippen molar-refractivity contribution >= 4 is 12.2 Å². The Labute approximate surface area is 143 Å². The molecule has 120 valence electrons. The van der Waals surface area contributed by atoms with Crippen LogP contribution in [-0.4, -0.2) is 14.2 Å². The molecule has 0 aliphatic heterocycles. The van der Waals surface area contributed by atoms with Gasteiger partial charge in [0.2, 0.25) is 0 Å². The van der Waals surface area contributed by atoms with Crippen molar-refractivity contribution in [2.75, 3.05) is 14.2 Å². The van der Waals surface area contributed by atoms with Crippen molar-refractivity contribution in [3.8, 4) is 22.6 Å². The molecule has 0 N–H and O–H groups in total. The van der Waals surface area contributed by atoms with E-state index in [2.05, 4.69) is 36.4 Å². The molecule has 0 amide bonds. The van der Waals surface area contributed by atoms with Gasteiger partial charge in [-0.25, -0.2) is 0 Å². The number of ether oxygens (including phenoxy) is 2. The van der Waals surface area contributed by atoms with Gasteiger partial charge in [0.1, 0.15) is 11.5 Å². The molecule has 0 heterocycles. The van der Waals surface area contributed by atoms with Crippen LogP contribution in [0, 0.1) is 0 Å². The van der Waals surface area contributed by atoms with E-state index in [0.717, 1.165) is 33.8 Å². The first kappa shape index (κ1) is 15.9. The number of rotatable bonds is 5. The van der Waals surface area contributed by atoms with Gasteiger partial charge in [-0.15, -0.1) is 0 Å². The summed E-state index contributed by atoms with van der Waals surface area (Å²) >= 11 is 0. The highest BCUT2D eigenvalue weighted by Gasteiger charge is 2.13. The van der Waals surface area contributed by atoms with E-state index in [0.29, 0.717) is 0 Å². The van der Waals surface area contributed by atoms with Crippen LogP contribution < -0.4 is 9.47 Å². The monoisotopic (exact) mass is 316 g/mol. The van der Waals surface area contributed by atoms with Crippen molar-refractivity contribution in [3.63, 3.8) is 0 Å².